The molecule has 1 aliphatic rings. The average molecular weight is 407 g/mol. The van der Waals surface area contributed by atoms with Gasteiger partial charge in [0.2, 0.25) is 0 Å². The number of nitrogens with one attached hydrogen (secondary N) is 1. The van der Waals surface area contributed by atoms with Crippen molar-refractivity contribution in [3.8, 4) is 0 Å². The number of hydrogen-bond acceptors (Lipinski definition) is 4. The number of thioether (sulfide) groups is 1. The molecule has 0 radical (unpaired) electrons. The Kier molecular flexibility index (Phi) is 5.01. The van der Waals surface area contributed by atoms with Crippen LogP contribution in [0, 0.1) is 5.82 Å². The van der Waals surface area contributed by atoms with Crippen LogP contribution < -0.4 is 5.32 Å². The summed E-state index contributed by atoms with van der Waals surface area (Å²) < 4.78 is 14.4. The molecule has 0 bridgehead atoms. The number of para-hydroxylation sites is 1. The lowest BCUT2D eigenvalue weighted by atomic mass is 10.2. The van der Waals surface area contributed by atoms with Gasteiger partial charge in [0.05, 0.1) is 17.3 Å². The maximum absolute atomic E-state index is 13.6. The normalized spacial score (nSPS) is 16.1. The van der Waals surface area contributed by atoms with E-state index in [1.54, 1.807) is 24.3 Å². The highest BCUT2D eigenvalue weighted by atomic mass is 79.9. The smallest absolute Gasteiger partial charge is 0.295 e. The predicted molar refractivity (Wildman–Crippen MR) is 96.8 cm³/mol. The van der Waals surface area contributed by atoms with Crippen LogP contribution in [-0.4, -0.2) is 22.7 Å². The number of carbonyl (C=O) groups is 2. The van der Waals surface area contributed by atoms with Crippen LogP contribution in [0.15, 0.2) is 57.9 Å². The van der Waals surface area contributed by atoms with Gasteiger partial charge < -0.3 is 5.32 Å². The Morgan fingerprint density at radius 2 is 1.83 bits per heavy atom. The molecule has 0 spiro atoms. The Balaban J connectivity index is 1.75. The maximum Gasteiger partial charge on any atom is 0.295 e. The first-order valence-corrected chi connectivity index (χ1v) is 8.65. The summed E-state index contributed by atoms with van der Waals surface area (Å²) in [5.41, 5.74) is 1.05. The van der Waals surface area contributed by atoms with Crippen molar-refractivity contribution >= 4 is 50.6 Å². The van der Waals surface area contributed by atoms with Gasteiger partial charge in [0.1, 0.15) is 5.82 Å². The highest BCUT2D eigenvalue weighted by molar-refractivity contribution is 9.10. The van der Waals surface area contributed by atoms with Crippen LogP contribution in [0.3, 0.4) is 0 Å². The first kappa shape index (κ1) is 16.7. The second kappa shape index (κ2) is 7.19. The molecule has 0 atom stereocenters. The van der Waals surface area contributed by atoms with Gasteiger partial charge in [0, 0.05) is 4.47 Å². The number of carbonyl (C=O) groups excluding carboxylic acids is 2. The van der Waals surface area contributed by atoms with E-state index in [1.165, 1.54) is 6.07 Å². The molecule has 1 heterocycles. The van der Waals surface area contributed by atoms with Gasteiger partial charge in [-0.25, -0.2) is 4.39 Å². The zero-order chi connectivity index (χ0) is 17.1. The lowest BCUT2D eigenvalue weighted by molar-refractivity contribution is -0.122. The third kappa shape index (κ3) is 3.52. The average Bonchev–Trinajstić information content (AvgIpc) is 2.83. The van der Waals surface area contributed by atoms with E-state index in [-0.39, 0.29) is 17.6 Å². The molecular weight excluding hydrogens is 395 g/mol. The van der Waals surface area contributed by atoms with Gasteiger partial charge >= 0.3 is 0 Å². The van der Waals surface area contributed by atoms with Crippen LogP contribution in [0.4, 0.5) is 14.9 Å². The van der Waals surface area contributed by atoms with Gasteiger partial charge in [0.15, 0.2) is 0 Å². The van der Waals surface area contributed by atoms with E-state index in [4.69, 9.17) is 0 Å². The predicted octanol–water partition coefficient (Wildman–Crippen LogP) is 4.69. The van der Waals surface area contributed by atoms with Gasteiger partial charge in [-0.3, -0.25) is 14.5 Å². The van der Waals surface area contributed by atoms with Crippen molar-refractivity contribution in [1.82, 2.24) is 4.90 Å². The molecule has 0 aliphatic carbocycles. The zero-order valence-electron chi connectivity index (χ0n) is 12.3. The fourth-order valence-corrected chi connectivity index (χ4v) is 3.37. The van der Waals surface area contributed by atoms with E-state index in [1.807, 2.05) is 24.3 Å². The minimum absolute atomic E-state index is 0.0844. The summed E-state index contributed by atoms with van der Waals surface area (Å²) in [6, 6.07) is 13.5. The number of hydrogen-bond donors (Lipinski definition) is 1. The molecule has 2 aromatic carbocycles. The fourth-order valence-electron chi connectivity index (χ4n) is 2.14. The van der Waals surface area contributed by atoms with Crippen molar-refractivity contribution in [2.45, 2.75) is 0 Å². The lowest BCUT2D eigenvalue weighted by Gasteiger charge is -2.14. The molecule has 1 aliphatic heterocycles. The van der Waals surface area contributed by atoms with Crippen molar-refractivity contribution in [3.63, 3.8) is 0 Å². The molecule has 0 saturated carbocycles. The summed E-state index contributed by atoms with van der Waals surface area (Å²) in [5.74, 6) is -0.835. The quantitative estimate of drug-likeness (QED) is 0.747. The Labute approximate surface area is 150 Å². The molecular formula is C17H12BrFN2O2S. The Morgan fingerprint density at radius 1 is 1.12 bits per heavy atom. The maximum atomic E-state index is 13.6. The van der Waals surface area contributed by atoms with E-state index in [2.05, 4.69) is 21.2 Å². The SMILES string of the molecule is O=C1SC(=Cc2ccccc2Br)C(=O)N1CNc1ccccc1F. The molecule has 0 unspecified atom stereocenters. The summed E-state index contributed by atoms with van der Waals surface area (Å²) in [5, 5.41) is 2.38. The van der Waals surface area contributed by atoms with E-state index in [0.29, 0.717) is 4.91 Å². The number of nitrogens with zero attached hydrogens (tertiary/aromatic N) is 1. The van der Waals surface area contributed by atoms with E-state index in [9.17, 15) is 14.0 Å². The summed E-state index contributed by atoms with van der Waals surface area (Å²) in [6.45, 7) is -0.0844. The Bertz CT molecular complexity index is 841. The van der Waals surface area contributed by atoms with Gasteiger partial charge in [-0.1, -0.05) is 46.3 Å². The standard InChI is InChI=1S/C17H12BrFN2O2S/c18-12-6-2-1-5-11(12)9-15-16(22)21(17(23)24-15)10-20-14-8-4-3-7-13(14)19/h1-9,20H,10H2. The number of imide groups is 1. The van der Waals surface area contributed by atoms with E-state index < -0.39 is 11.7 Å². The highest BCUT2D eigenvalue weighted by Crippen LogP contribution is 2.33. The lowest BCUT2D eigenvalue weighted by Crippen LogP contribution is -2.33. The van der Waals surface area contributed by atoms with Crippen LogP contribution in [0.5, 0.6) is 0 Å². The highest BCUT2D eigenvalue weighted by Gasteiger charge is 2.35. The summed E-state index contributed by atoms with van der Waals surface area (Å²) in [6.07, 6.45) is 1.66. The molecule has 1 saturated heterocycles. The Morgan fingerprint density at radius 3 is 2.58 bits per heavy atom. The van der Waals surface area contributed by atoms with Crippen molar-refractivity contribution in [1.29, 1.82) is 0 Å². The molecule has 2 amide bonds. The van der Waals surface area contributed by atoms with Gasteiger partial charge in [-0.05, 0) is 41.6 Å². The first-order valence-electron chi connectivity index (χ1n) is 7.04. The molecule has 3 rings (SSSR count). The Hall–Kier alpha value is -2.12. The van der Waals surface area contributed by atoms with Crippen molar-refractivity contribution < 1.29 is 14.0 Å². The van der Waals surface area contributed by atoms with Crippen molar-refractivity contribution in [2.24, 2.45) is 0 Å². The molecule has 1 fully saturated rings. The number of benzene rings is 2. The van der Waals surface area contributed by atoms with Crippen LogP contribution in [0.1, 0.15) is 5.56 Å². The fraction of sp³-hybridized carbons (Fsp3) is 0.0588. The molecule has 1 N–H and O–H groups in total. The van der Waals surface area contributed by atoms with Crippen LogP contribution in [0.2, 0.25) is 0 Å². The second-order valence-electron chi connectivity index (χ2n) is 4.95. The topological polar surface area (TPSA) is 49.4 Å². The summed E-state index contributed by atoms with van der Waals surface area (Å²) in [4.78, 5) is 25.9. The minimum atomic E-state index is -0.437. The van der Waals surface area contributed by atoms with Crippen molar-refractivity contribution in [3.05, 3.63) is 69.3 Å². The van der Waals surface area contributed by atoms with E-state index >= 15 is 0 Å². The van der Waals surface area contributed by atoms with Crippen LogP contribution in [0.25, 0.3) is 6.08 Å². The minimum Gasteiger partial charge on any atom is -0.365 e. The van der Waals surface area contributed by atoms with Gasteiger partial charge in [-0.15, -0.1) is 0 Å². The zero-order valence-corrected chi connectivity index (χ0v) is 14.7. The molecule has 24 heavy (non-hydrogen) atoms. The van der Waals surface area contributed by atoms with Crippen LogP contribution in [-0.2, 0) is 4.79 Å². The summed E-state index contributed by atoms with van der Waals surface area (Å²) >= 11 is 4.27. The molecule has 2 aromatic rings. The second-order valence-corrected chi connectivity index (χ2v) is 6.79. The van der Waals surface area contributed by atoms with Gasteiger partial charge in [0.25, 0.3) is 11.1 Å². The first-order chi connectivity index (χ1) is 11.6. The van der Waals surface area contributed by atoms with Gasteiger partial charge in [-0.2, -0.15) is 0 Å². The van der Waals surface area contributed by atoms with Crippen molar-refractivity contribution in [2.75, 3.05) is 12.0 Å². The number of anilines is 1. The molecule has 7 heteroatoms. The molecule has 122 valence electrons. The largest absolute Gasteiger partial charge is 0.365 e. The monoisotopic (exact) mass is 406 g/mol. The molecule has 4 nitrogen and oxygen atoms in total. The summed E-state index contributed by atoms with van der Waals surface area (Å²) in [7, 11) is 0. The van der Waals surface area contributed by atoms with Crippen LogP contribution >= 0.6 is 27.7 Å². The number of rotatable bonds is 4. The van der Waals surface area contributed by atoms with E-state index in [0.717, 1.165) is 26.7 Å². The number of halogens is 2. The third-order valence-corrected chi connectivity index (χ3v) is 5.00. The number of amides is 2. The third-order valence-electron chi connectivity index (χ3n) is 3.37. The molecule has 0 aromatic heterocycles.